The van der Waals surface area contributed by atoms with Gasteiger partial charge in [-0.2, -0.15) is 0 Å². The van der Waals surface area contributed by atoms with E-state index in [0.717, 1.165) is 12.1 Å². The molecule has 0 saturated heterocycles. The van der Waals surface area contributed by atoms with E-state index in [9.17, 15) is 22.0 Å². The van der Waals surface area contributed by atoms with Crippen LogP contribution >= 0.6 is 0 Å². The van der Waals surface area contributed by atoms with Gasteiger partial charge in [0.15, 0.2) is 23.1 Å². The third-order valence-corrected chi connectivity index (χ3v) is 5.32. The van der Waals surface area contributed by atoms with Gasteiger partial charge in [0.05, 0.1) is 4.90 Å². The van der Waals surface area contributed by atoms with Gasteiger partial charge in [-0.25, -0.2) is 26.9 Å². The molecule has 1 aromatic heterocycles. The van der Waals surface area contributed by atoms with Gasteiger partial charge < -0.3 is 9.73 Å². The van der Waals surface area contributed by atoms with E-state index in [2.05, 4.69) is 15.0 Å². The predicted molar refractivity (Wildman–Crippen MR) is 98.2 cm³/mol. The van der Waals surface area contributed by atoms with Gasteiger partial charge in [0.25, 0.3) is 0 Å². The third-order valence-electron chi connectivity index (χ3n) is 3.86. The van der Waals surface area contributed by atoms with Crippen molar-refractivity contribution in [2.24, 2.45) is 0 Å². The summed E-state index contributed by atoms with van der Waals surface area (Å²) >= 11 is 0. The summed E-state index contributed by atoms with van der Waals surface area (Å²) < 4.78 is 57.9. The van der Waals surface area contributed by atoms with Crippen LogP contribution in [0.15, 0.2) is 45.7 Å². The van der Waals surface area contributed by atoms with Crippen LogP contribution in [-0.4, -0.2) is 25.9 Å². The maximum atomic E-state index is 13.2. The number of sulfonamides is 1. The molecular weight excluding hydrogens is 392 g/mol. The molecule has 148 valence electrons. The number of aromatic nitrogens is 1. The number of oxazole rings is 1. The minimum atomic E-state index is -4.06. The molecule has 0 bridgehead atoms. The van der Waals surface area contributed by atoms with Gasteiger partial charge in [0, 0.05) is 25.1 Å². The van der Waals surface area contributed by atoms with Crippen LogP contribution in [0.1, 0.15) is 19.2 Å². The van der Waals surface area contributed by atoms with Crippen LogP contribution in [0.5, 0.6) is 0 Å². The number of fused-ring (bicyclic) bond motifs is 1. The Labute approximate surface area is 159 Å². The maximum absolute atomic E-state index is 13.2. The van der Waals surface area contributed by atoms with Crippen molar-refractivity contribution >= 4 is 32.7 Å². The molecule has 0 saturated carbocycles. The molecule has 0 unspecified atom stereocenters. The molecule has 0 aliphatic heterocycles. The molecule has 3 rings (SSSR count). The zero-order valence-electron chi connectivity index (χ0n) is 14.8. The van der Waals surface area contributed by atoms with E-state index in [1.54, 1.807) is 18.2 Å². The summed E-state index contributed by atoms with van der Waals surface area (Å²) in [5, 5.41) is 2.64. The Bertz CT molecular complexity index is 1130. The topological polar surface area (TPSA) is 101 Å². The average Bonchev–Trinajstić information content (AvgIpc) is 3.06. The normalized spacial score (nSPS) is 11.7. The standard InChI is InChI=1S/C18H17F2N3O4S/c1-2-18-23-15-9-11(3-6-16(15)27-18)22-17(24)7-8-21-28(25,26)12-4-5-13(19)14(20)10-12/h3-6,9-10,21H,2,7-8H2,1H3,(H,22,24). The first-order valence-electron chi connectivity index (χ1n) is 8.42. The molecular formula is C18H17F2N3O4S. The highest BCUT2D eigenvalue weighted by Crippen LogP contribution is 2.20. The van der Waals surface area contributed by atoms with E-state index in [4.69, 9.17) is 4.42 Å². The summed E-state index contributed by atoms with van der Waals surface area (Å²) in [5.41, 5.74) is 1.71. The van der Waals surface area contributed by atoms with Crippen LogP contribution in [0.3, 0.4) is 0 Å². The quantitative estimate of drug-likeness (QED) is 0.625. The van der Waals surface area contributed by atoms with Crippen molar-refractivity contribution in [3.05, 3.63) is 53.9 Å². The van der Waals surface area contributed by atoms with Gasteiger partial charge in [-0.15, -0.1) is 0 Å². The number of anilines is 1. The molecule has 7 nitrogen and oxygen atoms in total. The smallest absolute Gasteiger partial charge is 0.240 e. The molecule has 0 radical (unpaired) electrons. The molecule has 10 heteroatoms. The lowest BCUT2D eigenvalue weighted by atomic mass is 10.2. The molecule has 0 spiro atoms. The van der Waals surface area contributed by atoms with Crippen molar-refractivity contribution in [1.82, 2.24) is 9.71 Å². The molecule has 0 atom stereocenters. The van der Waals surface area contributed by atoms with E-state index >= 15 is 0 Å². The Kier molecular flexibility index (Phi) is 5.71. The minimum absolute atomic E-state index is 0.153. The molecule has 0 fully saturated rings. The first-order chi connectivity index (χ1) is 13.3. The lowest BCUT2D eigenvalue weighted by Crippen LogP contribution is -2.28. The SMILES string of the molecule is CCc1nc2cc(NC(=O)CCNS(=O)(=O)c3ccc(F)c(F)c3)ccc2o1. The van der Waals surface area contributed by atoms with Crippen LogP contribution < -0.4 is 10.0 Å². The van der Waals surface area contributed by atoms with Crippen molar-refractivity contribution < 1.29 is 26.4 Å². The predicted octanol–water partition coefficient (Wildman–Crippen LogP) is 2.98. The fraction of sp³-hybridized carbons (Fsp3) is 0.222. The van der Waals surface area contributed by atoms with Crippen molar-refractivity contribution in [1.29, 1.82) is 0 Å². The number of carbonyl (C=O) groups excluding carboxylic acids is 1. The molecule has 0 aliphatic carbocycles. The Morgan fingerprint density at radius 2 is 1.93 bits per heavy atom. The number of benzene rings is 2. The molecule has 2 aromatic carbocycles. The largest absolute Gasteiger partial charge is 0.441 e. The molecule has 3 aromatic rings. The molecule has 1 heterocycles. The van der Waals surface area contributed by atoms with Crippen molar-refractivity contribution in [2.75, 3.05) is 11.9 Å². The zero-order valence-corrected chi connectivity index (χ0v) is 15.6. The van der Waals surface area contributed by atoms with Crippen LogP contribution in [0, 0.1) is 11.6 Å². The van der Waals surface area contributed by atoms with Crippen LogP contribution in [-0.2, 0) is 21.2 Å². The molecule has 28 heavy (non-hydrogen) atoms. The number of nitrogens with one attached hydrogen (secondary N) is 2. The zero-order chi connectivity index (χ0) is 20.3. The number of aryl methyl sites for hydroxylation is 1. The van der Waals surface area contributed by atoms with Gasteiger partial charge in [-0.05, 0) is 36.4 Å². The number of halogens is 2. The lowest BCUT2D eigenvalue weighted by molar-refractivity contribution is -0.116. The Balaban J connectivity index is 1.57. The second kappa shape index (κ2) is 8.03. The summed E-state index contributed by atoms with van der Waals surface area (Å²) in [6.45, 7) is 1.70. The van der Waals surface area contributed by atoms with Crippen LogP contribution in [0.4, 0.5) is 14.5 Å². The Morgan fingerprint density at radius 1 is 1.14 bits per heavy atom. The fourth-order valence-electron chi connectivity index (χ4n) is 2.45. The molecule has 1 amide bonds. The number of amides is 1. The summed E-state index contributed by atoms with van der Waals surface area (Å²) in [6, 6.07) is 7.23. The fourth-order valence-corrected chi connectivity index (χ4v) is 3.50. The highest BCUT2D eigenvalue weighted by molar-refractivity contribution is 7.89. The number of rotatable bonds is 7. The first kappa shape index (κ1) is 19.9. The average molecular weight is 409 g/mol. The van der Waals surface area contributed by atoms with Crippen molar-refractivity contribution in [3.8, 4) is 0 Å². The second-order valence-corrected chi connectivity index (χ2v) is 7.68. The number of carbonyl (C=O) groups is 1. The summed E-state index contributed by atoms with van der Waals surface area (Å²) in [4.78, 5) is 15.9. The van der Waals surface area contributed by atoms with Crippen molar-refractivity contribution in [2.45, 2.75) is 24.7 Å². The first-order valence-corrected chi connectivity index (χ1v) is 9.91. The van der Waals surface area contributed by atoms with Gasteiger partial charge >= 0.3 is 0 Å². The Hall–Kier alpha value is -2.85. The van der Waals surface area contributed by atoms with Gasteiger partial charge in [-0.1, -0.05) is 6.92 Å². The van der Waals surface area contributed by atoms with Crippen molar-refractivity contribution in [3.63, 3.8) is 0 Å². The number of hydrogen-bond donors (Lipinski definition) is 2. The van der Waals surface area contributed by atoms with E-state index in [-0.39, 0.29) is 13.0 Å². The maximum Gasteiger partial charge on any atom is 0.240 e. The molecule has 2 N–H and O–H groups in total. The monoisotopic (exact) mass is 409 g/mol. The van der Waals surface area contributed by atoms with Gasteiger partial charge in [-0.3, -0.25) is 4.79 Å². The van der Waals surface area contributed by atoms with Gasteiger partial charge in [0.1, 0.15) is 5.52 Å². The van der Waals surface area contributed by atoms with Crippen LogP contribution in [0.25, 0.3) is 11.1 Å². The van der Waals surface area contributed by atoms with E-state index in [0.29, 0.717) is 35.2 Å². The highest BCUT2D eigenvalue weighted by Gasteiger charge is 2.16. The summed E-state index contributed by atoms with van der Waals surface area (Å²) in [7, 11) is -4.06. The van der Waals surface area contributed by atoms with E-state index < -0.39 is 32.5 Å². The highest BCUT2D eigenvalue weighted by atomic mass is 32.2. The van der Waals surface area contributed by atoms with E-state index in [1.165, 1.54) is 0 Å². The number of hydrogen-bond acceptors (Lipinski definition) is 5. The second-order valence-electron chi connectivity index (χ2n) is 5.92. The lowest BCUT2D eigenvalue weighted by Gasteiger charge is -2.08. The summed E-state index contributed by atoms with van der Waals surface area (Å²) in [5.74, 6) is -2.25. The summed E-state index contributed by atoms with van der Waals surface area (Å²) in [6.07, 6.45) is 0.494. The molecule has 0 aliphatic rings. The minimum Gasteiger partial charge on any atom is -0.441 e. The van der Waals surface area contributed by atoms with Gasteiger partial charge in [0.2, 0.25) is 15.9 Å². The van der Waals surface area contributed by atoms with E-state index in [1.807, 2.05) is 6.92 Å². The Morgan fingerprint density at radius 3 is 2.64 bits per heavy atom. The number of nitrogens with zero attached hydrogens (tertiary/aromatic N) is 1. The third kappa shape index (κ3) is 4.52. The van der Waals surface area contributed by atoms with Crippen LogP contribution in [0.2, 0.25) is 0 Å².